The normalized spacial score (nSPS) is 12.0. The third kappa shape index (κ3) is 4.75. The maximum absolute atomic E-state index is 12.8. The molecular weight excluding hydrogens is 276 g/mol. The van der Waals surface area contributed by atoms with Gasteiger partial charge in [0.25, 0.3) is 0 Å². The van der Waals surface area contributed by atoms with Crippen molar-refractivity contribution in [2.45, 2.75) is 25.7 Å². The molecule has 0 amide bonds. The molecule has 110 valence electrons. The Kier molecular flexibility index (Phi) is 6.55. The third-order valence-electron chi connectivity index (χ3n) is 3.56. The van der Waals surface area contributed by atoms with Gasteiger partial charge in [0.15, 0.2) is 5.78 Å². The molecular formula is C19H22OS. The molecule has 2 aromatic carbocycles. The number of carbonyl (C=O) groups is 1. The van der Waals surface area contributed by atoms with E-state index in [0.29, 0.717) is 0 Å². The zero-order valence-corrected chi connectivity index (χ0v) is 13.3. The largest absolute Gasteiger partial charge is 0.293 e. The van der Waals surface area contributed by atoms with E-state index < -0.39 is 0 Å². The summed E-state index contributed by atoms with van der Waals surface area (Å²) in [5.41, 5.74) is 1.95. The van der Waals surface area contributed by atoms with Crippen LogP contribution in [0.2, 0.25) is 0 Å². The number of Topliss-reactive ketones (excluding diaryl/α,β-unsaturated/α-hetero) is 1. The summed E-state index contributed by atoms with van der Waals surface area (Å²) < 4.78 is 0. The monoisotopic (exact) mass is 298 g/mol. The Morgan fingerprint density at radius 1 is 1.00 bits per heavy atom. The van der Waals surface area contributed by atoms with Gasteiger partial charge in [-0.2, -0.15) is 11.8 Å². The van der Waals surface area contributed by atoms with Crippen molar-refractivity contribution in [3.8, 4) is 0 Å². The summed E-state index contributed by atoms with van der Waals surface area (Å²) in [5, 5.41) is 0. The predicted molar refractivity (Wildman–Crippen MR) is 92.2 cm³/mol. The quantitative estimate of drug-likeness (QED) is 0.493. The first-order valence-corrected chi connectivity index (χ1v) is 8.70. The lowest BCUT2D eigenvalue weighted by atomic mass is 9.87. The summed E-state index contributed by atoms with van der Waals surface area (Å²) in [7, 11) is 0. The average molecular weight is 298 g/mol. The van der Waals surface area contributed by atoms with Crippen molar-refractivity contribution in [2.24, 2.45) is 0 Å². The first kappa shape index (κ1) is 15.8. The lowest BCUT2D eigenvalue weighted by Gasteiger charge is -2.16. The highest BCUT2D eigenvalue weighted by atomic mass is 32.2. The molecule has 2 heteroatoms. The van der Waals surface area contributed by atoms with Crippen LogP contribution < -0.4 is 0 Å². The minimum absolute atomic E-state index is 0.0222. The minimum atomic E-state index is -0.0222. The second kappa shape index (κ2) is 8.68. The van der Waals surface area contributed by atoms with Crippen LogP contribution in [0.4, 0.5) is 0 Å². The molecule has 0 radical (unpaired) electrons. The van der Waals surface area contributed by atoms with E-state index in [2.05, 4.69) is 19.1 Å². The van der Waals surface area contributed by atoms with Crippen molar-refractivity contribution in [3.05, 3.63) is 71.8 Å². The van der Waals surface area contributed by atoms with Crippen LogP contribution in [-0.2, 0) is 0 Å². The second-order valence-corrected chi connectivity index (χ2v) is 6.43. The molecule has 2 rings (SSSR count). The average Bonchev–Trinajstić information content (AvgIpc) is 2.56. The fraction of sp³-hybridized carbons (Fsp3) is 0.316. The van der Waals surface area contributed by atoms with Crippen molar-refractivity contribution >= 4 is 17.5 Å². The van der Waals surface area contributed by atoms with Gasteiger partial charge in [0.1, 0.15) is 0 Å². The maximum atomic E-state index is 12.8. The fourth-order valence-corrected chi connectivity index (χ4v) is 3.13. The first-order valence-electron chi connectivity index (χ1n) is 7.55. The van der Waals surface area contributed by atoms with Gasteiger partial charge in [-0.15, -0.1) is 0 Å². The highest BCUT2D eigenvalue weighted by Gasteiger charge is 2.21. The molecule has 0 aliphatic carbocycles. The Balaban J connectivity index is 2.14. The smallest absolute Gasteiger partial charge is 0.170 e. The van der Waals surface area contributed by atoms with Crippen LogP contribution in [-0.4, -0.2) is 17.3 Å². The van der Waals surface area contributed by atoms with Crippen molar-refractivity contribution in [1.29, 1.82) is 0 Å². The third-order valence-corrected chi connectivity index (χ3v) is 4.55. The molecule has 0 spiro atoms. The predicted octanol–water partition coefficient (Wildman–Crippen LogP) is 5.19. The number of hydrogen-bond acceptors (Lipinski definition) is 2. The topological polar surface area (TPSA) is 17.1 Å². The van der Waals surface area contributed by atoms with Gasteiger partial charge in [-0.05, 0) is 29.9 Å². The first-order chi connectivity index (χ1) is 10.3. The molecule has 0 bridgehead atoms. The SMILES string of the molecule is CCSCCCC(C(=O)c1ccccc1)c1ccccc1. The molecule has 0 aromatic heterocycles. The summed E-state index contributed by atoms with van der Waals surface area (Å²) in [6, 6.07) is 19.8. The summed E-state index contributed by atoms with van der Waals surface area (Å²) in [6.07, 6.45) is 2.00. The van der Waals surface area contributed by atoms with Crippen molar-refractivity contribution in [3.63, 3.8) is 0 Å². The molecule has 0 aliphatic rings. The number of benzene rings is 2. The van der Waals surface area contributed by atoms with E-state index in [1.807, 2.05) is 60.3 Å². The van der Waals surface area contributed by atoms with Crippen LogP contribution in [0, 0.1) is 0 Å². The van der Waals surface area contributed by atoms with E-state index >= 15 is 0 Å². The van der Waals surface area contributed by atoms with Crippen LogP contribution in [0.25, 0.3) is 0 Å². The molecule has 0 aliphatic heterocycles. The van der Waals surface area contributed by atoms with Gasteiger partial charge in [0.05, 0.1) is 0 Å². The molecule has 21 heavy (non-hydrogen) atoms. The zero-order valence-electron chi connectivity index (χ0n) is 12.5. The van der Waals surface area contributed by atoms with E-state index in [4.69, 9.17) is 0 Å². The van der Waals surface area contributed by atoms with Gasteiger partial charge in [0.2, 0.25) is 0 Å². The van der Waals surface area contributed by atoms with E-state index in [9.17, 15) is 4.79 Å². The standard InChI is InChI=1S/C19H22OS/c1-2-21-15-9-14-18(16-10-5-3-6-11-16)19(20)17-12-7-4-8-13-17/h3-8,10-13,18H,2,9,14-15H2,1H3. The van der Waals surface area contributed by atoms with E-state index in [1.54, 1.807) is 0 Å². The molecule has 1 atom stereocenters. The zero-order chi connectivity index (χ0) is 14.9. The maximum Gasteiger partial charge on any atom is 0.170 e. The molecule has 0 N–H and O–H groups in total. The second-order valence-electron chi connectivity index (χ2n) is 5.03. The van der Waals surface area contributed by atoms with Gasteiger partial charge in [0, 0.05) is 11.5 Å². The number of hydrogen-bond donors (Lipinski definition) is 0. The lowest BCUT2D eigenvalue weighted by Crippen LogP contribution is -2.13. The highest BCUT2D eigenvalue weighted by molar-refractivity contribution is 7.99. The Hall–Kier alpha value is -1.54. The molecule has 0 fully saturated rings. The van der Waals surface area contributed by atoms with E-state index in [-0.39, 0.29) is 11.7 Å². The van der Waals surface area contributed by atoms with Crippen LogP contribution >= 0.6 is 11.8 Å². The molecule has 0 saturated carbocycles. The van der Waals surface area contributed by atoms with Gasteiger partial charge < -0.3 is 0 Å². The van der Waals surface area contributed by atoms with E-state index in [1.165, 1.54) is 0 Å². The number of ketones is 1. The Morgan fingerprint density at radius 2 is 1.62 bits per heavy atom. The van der Waals surface area contributed by atoms with Crippen molar-refractivity contribution in [1.82, 2.24) is 0 Å². The molecule has 1 nitrogen and oxygen atoms in total. The van der Waals surface area contributed by atoms with E-state index in [0.717, 1.165) is 35.5 Å². The van der Waals surface area contributed by atoms with Crippen LogP contribution in [0.5, 0.6) is 0 Å². The summed E-state index contributed by atoms with van der Waals surface area (Å²) in [6.45, 7) is 2.18. The fourth-order valence-electron chi connectivity index (χ4n) is 2.47. The van der Waals surface area contributed by atoms with Gasteiger partial charge in [-0.25, -0.2) is 0 Å². The Morgan fingerprint density at radius 3 is 2.24 bits per heavy atom. The van der Waals surface area contributed by atoms with Gasteiger partial charge >= 0.3 is 0 Å². The lowest BCUT2D eigenvalue weighted by molar-refractivity contribution is 0.0955. The number of carbonyl (C=O) groups excluding carboxylic acids is 1. The van der Waals surface area contributed by atoms with Gasteiger partial charge in [-0.1, -0.05) is 67.6 Å². The summed E-state index contributed by atoms with van der Waals surface area (Å²) >= 11 is 1.94. The number of thioether (sulfide) groups is 1. The van der Waals surface area contributed by atoms with Gasteiger partial charge in [-0.3, -0.25) is 4.79 Å². The summed E-state index contributed by atoms with van der Waals surface area (Å²) in [4.78, 5) is 12.8. The van der Waals surface area contributed by atoms with Crippen LogP contribution in [0.1, 0.15) is 41.6 Å². The van der Waals surface area contributed by atoms with Crippen LogP contribution in [0.3, 0.4) is 0 Å². The van der Waals surface area contributed by atoms with Crippen molar-refractivity contribution < 1.29 is 4.79 Å². The molecule has 0 saturated heterocycles. The van der Waals surface area contributed by atoms with Crippen LogP contribution in [0.15, 0.2) is 60.7 Å². The molecule has 0 heterocycles. The molecule has 1 unspecified atom stereocenters. The number of rotatable bonds is 8. The minimum Gasteiger partial charge on any atom is -0.293 e. The molecule has 2 aromatic rings. The Labute approximate surface area is 131 Å². The van der Waals surface area contributed by atoms with Crippen molar-refractivity contribution in [2.75, 3.05) is 11.5 Å². The Bertz CT molecular complexity index is 536. The highest BCUT2D eigenvalue weighted by Crippen LogP contribution is 2.26. The summed E-state index contributed by atoms with van der Waals surface area (Å²) in [5.74, 6) is 2.49.